The van der Waals surface area contributed by atoms with Gasteiger partial charge in [-0.25, -0.2) is 4.79 Å². The van der Waals surface area contributed by atoms with E-state index in [1.165, 1.54) is 15.7 Å². The quantitative estimate of drug-likeness (QED) is 0.748. The Bertz CT molecular complexity index is 528. The van der Waals surface area contributed by atoms with Crippen molar-refractivity contribution >= 4 is 5.97 Å². The standard InChI is InChI=1S/C8H10N6O2/c1-5-6(8(15)16)3-9-14(5)4-7-10-12-13(2)11-7/h3H,4H2,1-2H3,(H,15,16). The summed E-state index contributed by atoms with van der Waals surface area (Å²) in [5.41, 5.74) is 0.754. The summed E-state index contributed by atoms with van der Waals surface area (Å²) < 4.78 is 1.53. The molecule has 0 aliphatic heterocycles. The Hall–Kier alpha value is -2.25. The molecule has 2 aromatic heterocycles. The largest absolute Gasteiger partial charge is 0.478 e. The maximum absolute atomic E-state index is 10.8. The topological polar surface area (TPSA) is 98.7 Å². The number of hydrogen-bond acceptors (Lipinski definition) is 5. The molecule has 0 fully saturated rings. The molecule has 2 rings (SSSR count). The van der Waals surface area contributed by atoms with Gasteiger partial charge in [0.2, 0.25) is 0 Å². The fourth-order valence-corrected chi connectivity index (χ4v) is 1.34. The third kappa shape index (κ3) is 1.76. The van der Waals surface area contributed by atoms with Gasteiger partial charge in [0.05, 0.1) is 18.9 Å². The van der Waals surface area contributed by atoms with Crippen LogP contribution in [0.5, 0.6) is 0 Å². The van der Waals surface area contributed by atoms with E-state index in [4.69, 9.17) is 5.11 Å². The summed E-state index contributed by atoms with van der Waals surface area (Å²) >= 11 is 0. The van der Waals surface area contributed by atoms with E-state index in [9.17, 15) is 4.79 Å². The van der Waals surface area contributed by atoms with Gasteiger partial charge in [0.1, 0.15) is 12.1 Å². The first-order chi connectivity index (χ1) is 7.58. The van der Waals surface area contributed by atoms with Crippen LogP contribution in [0.25, 0.3) is 0 Å². The maximum atomic E-state index is 10.8. The van der Waals surface area contributed by atoms with Gasteiger partial charge in [0.25, 0.3) is 0 Å². The van der Waals surface area contributed by atoms with E-state index in [0.717, 1.165) is 0 Å². The molecule has 0 saturated heterocycles. The van der Waals surface area contributed by atoms with Crippen LogP contribution < -0.4 is 0 Å². The normalized spacial score (nSPS) is 10.6. The summed E-state index contributed by atoms with van der Waals surface area (Å²) in [4.78, 5) is 12.1. The molecule has 0 aliphatic carbocycles. The van der Waals surface area contributed by atoms with Crippen molar-refractivity contribution in [2.75, 3.05) is 0 Å². The molecule has 84 valence electrons. The van der Waals surface area contributed by atoms with Crippen LogP contribution in [0, 0.1) is 6.92 Å². The van der Waals surface area contributed by atoms with E-state index in [2.05, 4.69) is 20.5 Å². The Morgan fingerprint density at radius 1 is 1.56 bits per heavy atom. The molecule has 0 saturated carbocycles. The van der Waals surface area contributed by atoms with Crippen molar-refractivity contribution in [2.24, 2.45) is 7.05 Å². The highest BCUT2D eigenvalue weighted by molar-refractivity contribution is 5.88. The highest BCUT2D eigenvalue weighted by atomic mass is 16.4. The summed E-state index contributed by atoms with van der Waals surface area (Å²) in [6, 6.07) is 0. The molecule has 2 heterocycles. The summed E-state index contributed by atoms with van der Waals surface area (Å²) in [6.07, 6.45) is 1.31. The van der Waals surface area contributed by atoms with Gasteiger partial charge >= 0.3 is 5.97 Å². The Morgan fingerprint density at radius 3 is 2.81 bits per heavy atom. The van der Waals surface area contributed by atoms with Crippen LogP contribution in [0.1, 0.15) is 21.9 Å². The molecule has 0 atom stereocenters. The maximum Gasteiger partial charge on any atom is 0.339 e. The summed E-state index contributed by atoms with van der Waals surface area (Å²) in [7, 11) is 1.66. The second-order valence-corrected chi connectivity index (χ2v) is 3.30. The predicted molar refractivity (Wildman–Crippen MR) is 51.8 cm³/mol. The molecule has 0 unspecified atom stereocenters. The van der Waals surface area contributed by atoms with Gasteiger partial charge < -0.3 is 5.11 Å². The van der Waals surface area contributed by atoms with Crippen molar-refractivity contribution < 1.29 is 9.90 Å². The number of rotatable bonds is 3. The number of tetrazole rings is 1. The van der Waals surface area contributed by atoms with Gasteiger partial charge in [0.15, 0.2) is 5.82 Å². The van der Waals surface area contributed by atoms with E-state index in [0.29, 0.717) is 18.1 Å². The summed E-state index contributed by atoms with van der Waals surface area (Å²) in [5, 5.41) is 24.3. The zero-order chi connectivity index (χ0) is 11.7. The third-order valence-corrected chi connectivity index (χ3v) is 2.17. The van der Waals surface area contributed by atoms with E-state index >= 15 is 0 Å². The number of carboxylic acid groups (broad SMARTS) is 1. The lowest BCUT2D eigenvalue weighted by Gasteiger charge is -1.99. The van der Waals surface area contributed by atoms with E-state index < -0.39 is 5.97 Å². The van der Waals surface area contributed by atoms with Crippen LogP contribution in [0.4, 0.5) is 0 Å². The summed E-state index contributed by atoms with van der Waals surface area (Å²) in [6.45, 7) is 2.00. The van der Waals surface area contributed by atoms with Crippen LogP contribution >= 0.6 is 0 Å². The van der Waals surface area contributed by atoms with Crippen LogP contribution in [-0.2, 0) is 13.6 Å². The molecule has 0 aliphatic rings. The zero-order valence-corrected chi connectivity index (χ0v) is 8.82. The fraction of sp³-hybridized carbons (Fsp3) is 0.375. The van der Waals surface area contributed by atoms with E-state index in [1.807, 2.05) is 0 Å². The van der Waals surface area contributed by atoms with Crippen LogP contribution in [-0.4, -0.2) is 41.1 Å². The first-order valence-electron chi connectivity index (χ1n) is 4.56. The molecule has 8 nitrogen and oxygen atoms in total. The molecular weight excluding hydrogens is 212 g/mol. The monoisotopic (exact) mass is 222 g/mol. The molecular formula is C8H10N6O2. The molecule has 0 spiro atoms. The summed E-state index contributed by atoms with van der Waals surface area (Å²) in [5.74, 6) is -0.499. The number of nitrogens with zero attached hydrogens (tertiary/aromatic N) is 6. The minimum absolute atomic E-state index is 0.184. The molecule has 1 N–H and O–H groups in total. The van der Waals surface area contributed by atoms with Crippen molar-refractivity contribution in [3.8, 4) is 0 Å². The van der Waals surface area contributed by atoms with Crippen molar-refractivity contribution in [3.05, 3.63) is 23.3 Å². The molecule has 8 heteroatoms. The Kier molecular flexibility index (Phi) is 2.39. The van der Waals surface area contributed by atoms with E-state index in [1.54, 1.807) is 14.0 Å². The minimum Gasteiger partial charge on any atom is -0.478 e. The van der Waals surface area contributed by atoms with Gasteiger partial charge in [-0.05, 0) is 12.1 Å². The smallest absolute Gasteiger partial charge is 0.339 e. The van der Waals surface area contributed by atoms with Crippen LogP contribution in [0.15, 0.2) is 6.20 Å². The average Bonchev–Trinajstić information content (AvgIpc) is 2.76. The van der Waals surface area contributed by atoms with Crippen molar-refractivity contribution in [3.63, 3.8) is 0 Å². The van der Waals surface area contributed by atoms with Gasteiger partial charge in [-0.2, -0.15) is 9.90 Å². The average molecular weight is 222 g/mol. The fourth-order valence-electron chi connectivity index (χ4n) is 1.34. The van der Waals surface area contributed by atoms with E-state index in [-0.39, 0.29) is 5.56 Å². The molecule has 0 aromatic carbocycles. The first-order valence-corrected chi connectivity index (χ1v) is 4.56. The van der Waals surface area contributed by atoms with Gasteiger partial charge in [-0.1, -0.05) is 0 Å². The lowest BCUT2D eigenvalue weighted by atomic mass is 10.3. The minimum atomic E-state index is -0.990. The van der Waals surface area contributed by atoms with Crippen LogP contribution in [0.2, 0.25) is 0 Å². The van der Waals surface area contributed by atoms with Gasteiger partial charge in [0, 0.05) is 0 Å². The van der Waals surface area contributed by atoms with Gasteiger partial charge in [-0.3, -0.25) is 4.68 Å². The number of aromatic carboxylic acids is 1. The van der Waals surface area contributed by atoms with Crippen molar-refractivity contribution in [1.82, 2.24) is 30.0 Å². The molecule has 0 amide bonds. The SMILES string of the molecule is Cc1c(C(=O)O)cnn1Cc1nnn(C)n1. The second kappa shape index (κ2) is 3.72. The number of hydrogen-bond donors (Lipinski definition) is 1. The lowest BCUT2D eigenvalue weighted by molar-refractivity contribution is 0.0696. The lowest BCUT2D eigenvalue weighted by Crippen LogP contribution is -2.07. The highest BCUT2D eigenvalue weighted by Gasteiger charge is 2.13. The molecule has 2 aromatic rings. The van der Waals surface area contributed by atoms with Gasteiger partial charge in [-0.15, -0.1) is 10.2 Å². The number of carbonyl (C=O) groups is 1. The second-order valence-electron chi connectivity index (χ2n) is 3.30. The number of aromatic nitrogens is 6. The number of carboxylic acids is 1. The van der Waals surface area contributed by atoms with Crippen molar-refractivity contribution in [1.29, 1.82) is 0 Å². The molecule has 16 heavy (non-hydrogen) atoms. The Balaban J connectivity index is 2.25. The number of aryl methyl sites for hydroxylation is 1. The Labute approximate surface area is 90.5 Å². The zero-order valence-electron chi connectivity index (χ0n) is 8.82. The van der Waals surface area contributed by atoms with Crippen LogP contribution in [0.3, 0.4) is 0 Å². The highest BCUT2D eigenvalue weighted by Crippen LogP contribution is 2.07. The van der Waals surface area contributed by atoms with Crippen molar-refractivity contribution in [2.45, 2.75) is 13.5 Å². The third-order valence-electron chi connectivity index (χ3n) is 2.17. The Morgan fingerprint density at radius 2 is 2.31 bits per heavy atom. The first kappa shape index (κ1) is 10.3. The molecule has 0 bridgehead atoms. The predicted octanol–water partition coefficient (Wildman–Crippen LogP) is -0.538. The molecule has 0 radical (unpaired) electrons.